The summed E-state index contributed by atoms with van der Waals surface area (Å²) in [6.07, 6.45) is 2.96. The van der Waals surface area contributed by atoms with Crippen molar-refractivity contribution in [3.63, 3.8) is 0 Å². The van der Waals surface area contributed by atoms with Crippen LogP contribution in [0.1, 0.15) is 38.5 Å². The molecule has 0 amide bonds. The molecule has 19 heavy (non-hydrogen) atoms. The van der Waals surface area contributed by atoms with Crippen LogP contribution < -0.4 is 5.32 Å². The quantitative estimate of drug-likeness (QED) is 0.626. The van der Waals surface area contributed by atoms with E-state index in [9.17, 15) is 0 Å². The Bertz CT molecular complexity index is 322. The average molecular weight is 268 g/mol. The Morgan fingerprint density at radius 3 is 2.74 bits per heavy atom. The fourth-order valence-corrected chi connectivity index (χ4v) is 1.91. The van der Waals surface area contributed by atoms with Gasteiger partial charge in [-0.3, -0.25) is 0 Å². The second kappa shape index (κ2) is 10.0. The summed E-state index contributed by atoms with van der Waals surface area (Å²) in [7, 11) is 0. The van der Waals surface area contributed by atoms with Gasteiger partial charge in [-0.1, -0.05) is 20.8 Å². The van der Waals surface area contributed by atoms with Crippen molar-refractivity contribution in [1.29, 1.82) is 0 Å². The Hall–Kier alpha value is -0.840. The maximum absolute atomic E-state index is 5.64. The summed E-state index contributed by atoms with van der Waals surface area (Å²) in [6.45, 7) is 12.9. The van der Waals surface area contributed by atoms with Gasteiger partial charge in [-0.25, -0.2) is 0 Å². The smallest absolute Gasteiger partial charge is 0.129 e. The molecule has 0 saturated carbocycles. The molecule has 1 aromatic rings. The average Bonchev–Trinajstić information content (AvgIpc) is 2.87. The number of nitrogens with one attached hydrogen (secondary N) is 1. The zero-order valence-electron chi connectivity index (χ0n) is 12.6. The predicted molar refractivity (Wildman–Crippen MR) is 78.1 cm³/mol. The highest BCUT2D eigenvalue weighted by Crippen LogP contribution is 2.08. The molecule has 0 atom stereocenters. The van der Waals surface area contributed by atoms with Crippen LogP contribution in [0.5, 0.6) is 0 Å². The normalized spacial score (nSPS) is 11.4. The first-order valence-electron chi connectivity index (χ1n) is 7.37. The molecular formula is C15H28N2O2. The lowest BCUT2D eigenvalue weighted by molar-refractivity contribution is 0.0844. The van der Waals surface area contributed by atoms with Gasteiger partial charge in [0.1, 0.15) is 12.4 Å². The Labute approximate surface area is 117 Å². The van der Waals surface area contributed by atoms with Crippen LogP contribution >= 0.6 is 0 Å². The van der Waals surface area contributed by atoms with E-state index in [1.807, 2.05) is 6.26 Å². The van der Waals surface area contributed by atoms with Gasteiger partial charge in [0.2, 0.25) is 0 Å². The Balaban J connectivity index is 2.15. The molecule has 0 saturated heterocycles. The molecule has 0 aliphatic rings. The monoisotopic (exact) mass is 268 g/mol. The van der Waals surface area contributed by atoms with Crippen LogP contribution in [-0.4, -0.2) is 37.7 Å². The zero-order chi connectivity index (χ0) is 13.9. The predicted octanol–water partition coefficient (Wildman–Crippen LogP) is 2.64. The first-order valence-corrected chi connectivity index (χ1v) is 7.37. The molecule has 1 heterocycles. The molecule has 0 spiro atoms. The molecule has 4 heteroatoms. The van der Waals surface area contributed by atoms with E-state index in [0.717, 1.165) is 51.5 Å². The maximum Gasteiger partial charge on any atom is 0.129 e. The first kappa shape index (κ1) is 16.2. The number of hydrogen-bond donors (Lipinski definition) is 1. The van der Waals surface area contributed by atoms with Crippen molar-refractivity contribution in [2.24, 2.45) is 0 Å². The second-order valence-corrected chi connectivity index (χ2v) is 4.68. The van der Waals surface area contributed by atoms with E-state index in [4.69, 9.17) is 9.15 Å². The lowest BCUT2D eigenvalue weighted by atomic mass is 10.3. The molecule has 0 bridgehead atoms. The molecular weight excluding hydrogens is 240 g/mol. The molecule has 0 unspecified atom stereocenters. The van der Waals surface area contributed by atoms with Crippen LogP contribution in [-0.2, 0) is 17.9 Å². The van der Waals surface area contributed by atoms with E-state index in [1.165, 1.54) is 5.56 Å². The van der Waals surface area contributed by atoms with Crippen LogP contribution in [0.2, 0.25) is 0 Å². The molecule has 0 radical (unpaired) electrons. The third kappa shape index (κ3) is 6.76. The van der Waals surface area contributed by atoms with E-state index < -0.39 is 0 Å². The number of likely N-dealkylation sites (N-methyl/N-ethyl adjacent to an activating group) is 1. The summed E-state index contributed by atoms with van der Waals surface area (Å²) in [4.78, 5) is 2.35. The summed E-state index contributed by atoms with van der Waals surface area (Å²) in [6, 6.07) is 2.07. The van der Waals surface area contributed by atoms with Crippen molar-refractivity contribution in [2.75, 3.05) is 32.8 Å². The number of ether oxygens (including phenoxy) is 1. The highest BCUT2D eigenvalue weighted by atomic mass is 16.5. The molecule has 1 rings (SSSR count). The standard InChI is InChI=1S/C15H28N2O2/c1-4-7-16-11-14-10-15(19-12-14)13-18-9-8-17(5-2)6-3/h10,12,16H,4-9,11,13H2,1-3H3. The number of rotatable bonds is 11. The van der Waals surface area contributed by atoms with Crippen molar-refractivity contribution < 1.29 is 9.15 Å². The van der Waals surface area contributed by atoms with Gasteiger partial charge in [-0.15, -0.1) is 0 Å². The number of nitrogens with zero attached hydrogens (tertiary/aromatic N) is 1. The fourth-order valence-electron chi connectivity index (χ4n) is 1.91. The van der Waals surface area contributed by atoms with Gasteiger partial charge in [0.05, 0.1) is 12.9 Å². The number of hydrogen-bond acceptors (Lipinski definition) is 4. The second-order valence-electron chi connectivity index (χ2n) is 4.68. The lowest BCUT2D eigenvalue weighted by Crippen LogP contribution is -2.26. The zero-order valence-corrected chi connectivity index (χ0v) is 12.6. The summed E-state index contributed by atoms with van der Waals surface area (Å²) >= 11 is 0. The fraction of sp³-hybridized carbons (Fsp3) is 0.733. The summed E-state index contributed by atoms with van der Waals surface area (Å²) in [5.41, 5.74) is 1.19. The lowest BCUT2D eigenvalue weighted by Gasteiger charge is -2.17. The van der Waals surface area contributed by atoms with Crippen LogP contribution in [0.25, 0.3) is 0 Å². The highest BCUT2D eigenvalue weighted by molar-refractivity contribution is 5.11. The van der Waals surface area contributed by atoms with Gasteiger partial charge in [-0.05, 0) is 32.1 Å². The molecule has 0 aliphatic carbocycles. The molecule has 1 aromatic heterocycles. The van der Waals surface area contributed by atoms with Crippen molar-refractivity contribution in [3.8, 4) is 0 Å². The third-order valence-corrected chi connectivity index (χ3v) is 3.15. The van der Waals surface area contributed by atoms with Gasteiger partial charge >= 0.3 is 0 Å². The summed E-state index contributed by atoms with van der Waals surface area (Å²) in [5.74, 6) is 0.910. The van der Waals surface area contributed by atoms with E-state index >= 15 is 0 Å². The van der Waals surface area contributed by atoms with Crippen LogP contribution in [0, 0.1) is 0 Å². The Kier molecular flexibility index (Phi) is 8.54. The molecule has 0 fully saturated rings. The van der Waals surface area contributed by atoms with E-state index in [2.05, 4.69) is 37.1 Å². The minimum absolute atomic E-state index is 0.565. The minimum atomic E-state index is 0.565. The third-order valence-electron chi connectivity index (χ3n) is 3.15. The first-order chi connectivity index (χ1) is 9.30. The van der Waals surface area contributed by atoms with Gasteiger partial charge in [0.15, 0.2) is 0 Å². The number of furan rings is 1. The van der Waals surface area contributed by atoms with Crippen molar-refractivity contribution >= 4 is 0 Å². The maximum atomic E-state index is 5.64. The van der Waals surface area contributed by atoms with Crippen LogP contribution in [0.4, 0.5) is 0 Å². The summed E-state index contributed by atoms with van der Waals surface area (Å²) < 4.78 is 11.1. The topological polar surface area (TPSA) is 37.6 Å². The van der Waals surface area contributed by atoms with Crippen LogP contribution in [0.3, 0.4) is 0 Å². The largest absolute Gasteiger partial charge is 0.467 e. The van der Waals surface area contributed by atoms with Crippen molar-refractivity contribution in [3.05, 3.63) is 23.7 Å². The van der Waals surface area contributed by atoms with Gasteiger partial charge in [-0.2, -0.15) is 0 Å². The van der Waals surface area contributed by atoms with Gasteiger partial charge in [0, 0.05) is 18.7 Å². The van der Waals surface area contributed by atoms with Crippen molar-refractivity contribution in [1.82, 2.24) is 10.2 Å². The molecule has 4 nitrogen and oxygen atoms in total. The van der Waals surface area contributed by atoms with Crippen LogP contribution in [0.15, 0.2) is 16.7 Å². The van der Waals surface area contributed by atoms with E-state index in [-0.39, 0.29) is 0 Å². The van der Waals surface area contributed by atoms with E-state index in [0.29, 0.717) is 6.61 Å². The molecule has 110 valence electrons. The SMILES string of the molecule is CCCNCc1coc(COCCN(CC)CC)c1. The Morgan fingerprint density at radius 1 is 1.26 bits per heavy atom. The summed E-state index contributed by atoms with van der Waals surface area (Å²) in [5, 5.41) is 3.35. The highest BCUT2D eigenvalue weighted by Gasteiger charge is 2.03. The van der Waals surface area contributed by atoms with Gasteiger partial charge < -0.3 is 19.4 Å². The van der Waals surface area contributed by atoms with Crippen molar-refractivity contribution in [2.45, 2.75) is 40.3 Å². The Morgan fingerprint density at radius 2 is 2.05 bits per heavy atom. The molecule has 0 aromatic carbocycles. The molecule has 1 N–H and O–H groups in total. The van der Waals surface area contributed by atoms with E-state index in [1.54, 1.807) is 0 Å². The minimum Gasteiger partial charge on any atom is -0.467 e. The molecule has 0 aliphatic heterocycles. The van der Waals surface area contributed by atoms with Gasteiger partial charge in [0.25, 0.3) is 0 Å².